The minimum Gasteiger partial charge on any atom is -0.409 e. The van der Waals surface area contributed by atoms with E-state index in [1.54, 1.807) is 7.11 Å². The lowest BCUT2D eigenvalue weighted by molar-refractivity contribution is 0.0121. The van der Waals surface area contributed by atoms with Gasteiger partial charge in [0.1, 0.15) is 11.7 Å². The van der Waals surface area contributed by atoms with Crippen LogP contribution >= 0.6 is 0 Å². The van der Waals surface area contributed by atoms with Gasteiger partial charge in [-0.3, -0.25) is 0 Å². The molecule has 0 saturated heterocycles. The van der Waals surface area contributed by atoms with Crippen LogP contribution in [0.5, 0.6) is 0 Å². The van der Waals surface area contributed by atoms with E-state index >= 15 is 0 Å². The van der Waals surface area contributed by atoms with E-state index in [1.807, 2.05) is 24.3 Å². The number of imidazole rings is 1. The van der Waals surface area contributed by atoms with Gasteiger partial charge >= 0.3 is 0 Å². The molecule has 114 valence electrons. The molecule has 0 spiro atoms. The number of fused-ring (bicyclic) bond motifs is 1. The Kier molecular flexibility index (Phi) is 4.47. The molecule has 1 aromatic carbocycles. The Hall–Kier alpha value is -2.08. The molecule has 0 bridgehead atoms. The molecule has 1 heterocycles. The van der Waals surface area contributed by atoms with Crippen LogP contribution in [0.25, 0.3) is 11.0 Å². The summed E-state index contributed by atoms with van der Waals surface area (Å²) < 4.78 is 7.57. The van der Waals surface area contributed by atoms with Crippen LogP contribution in [0.15, 0.2) is 29.4 Å². The highest BCUT2D eigenvalue weighted by Crippen LogP contribution is 2.20. The van der Waals surface area contributed by atoms with Gasteiger partial charge in [-0.25, -0.2) is 4.98 Å². The molecule has 0 saturated carbocycles. The molecule has 3 N–H and O–H groups in total. The van der Waals surface area contributed by atoms with Crippen molar-refractivity contribution >= 4 is 16.9 Å². The zero-order valence-electron chi connectivity index (χ0n) is 12.7. The first kappa shape index (κ1) is 15.3. The standard InChI is InChI=1S/C15H22N4O2/c1-15(2,21-3)8-9-19-12-7-5-4-6-11(12)17-14(19)10-13(16)18-20/h4-7,20H,8-10H2,1-3H3,(H2,16,18). The quantitative estimate of drug-likeness (QED) is 0.369. The van der Waals surface area contributed by atoms with Crippen LogP contribution in [-0.4, -0.2) is 33.3 Å². The lowest BCUT2D eigenvalue weighted by Crippen LogP contribution is -2.25. The maximum Gasteiger partial charge on any atom is 0.146 e. The van der Waals surface area contributed by atoms with Crippen molar-refractivity contribution in [2.45, 2.75) is 38.8 Å². The van der Waals surface area contributed by atoms with Crippen molar-refractivity contribution in [3.63, 3.8) is 0 Å². The summed E-state index contributed by atoms with van der Waals surface area (Å²) in [6, 6.07) is 7.92. The summed E-state index contributed by atoms with van der Waals surface area (Å²) >= 11 is 0. The molecule has 0 unspecified atom stereocenters. The van der Waals surface area contributed by atoms with Crippen molar-refractivity contribution in [3.8, 4) is 0 Å². The molecule has 2 rings (SSSR count). The van der Waals surface area contributed by atoms with E-state index in [1.165, 1.54) is 0 Å². The Morgan fingerprint density at radius 3 is 2.81 bits per heavy atom. The Balaban J connectivity index is 2.36. The van der Waals surface area contributed by atoms with Crippen molar-refractivity contribution in [2.24, 2.45) is 10.9 Å². The fourth-order valence-corrected chi connectivity index (χ4v) is 2.19. The SMILES string of the molecule is COC(C)(C)CCn1c(C/C(N)=N/O)nc2ccccc21. The summed E-state index contributed by atoms with van der Waals surface area (Å²) in [5, 5.41) is 11.8. The second-order valence-corrected chi connectivity index (χ2v) is 5.65. The van der Waals surface area contributed by atoms with Gasteiger partial charge in [0.25, 0.3) is 0 Å². The first-order chi connectivity index (χ1) is 9.96. The molecule has 6 nitrogen and oxygen atoms in total. The van der Waals surface area contributed by atoms with Crippen molar-refractivity contribution in [3.05, 3.63) is 30.1 Å². The molecule has 0 aliphatic heterocycles. The van der Waals surface area contributed by atoms with Gasteiger partial charge in [-0.15, -0.1) is 0 Å². The van der Waals surface area contributed by atoms with Crippen molar-refractivity contribution in [1.82, 2.24) is 9.55 Å². The number of aryl methyl sites for hydroxylation is 1. The monoisotopic (exact) mass is 290 g/mol. The number of benzene rings is 1. The van der Waals surface area contributed by atoms with E-state index in [4.69, 9.17) is 15.7 Å². The minimum absolute atomic E-state index is 0.151. The van der Waals surface area contributed by atoms with Crippen LogP contribution in [0.4, 0.5) is 0 Å². The van der Waals surface area contributed by atoms with Gasteiger partial charge in [0.05, 0.1) is 23.1 Å². The van der Waals surface area contributed by atoms with Gasteiger partial charge in [-0.1, -0.05) is 17.3 Å². The maximum atomic E-state index is 8.76. The molecule has 21 heavy (non-hydrogen) atoms. The maximum absolute atomic E-state index is 8.76. The van der Waals surface area contributed by atoms with Gasteiger partial charge in [0.15, 0.2) is 0 Å². The van der Waals surface area contributed by atoms with Crippen molar-refractivity contribution < 1.29 is 9.94 Å². The van der Waals surface area contributed by atoms with E-state index < -0.39 is 0 Å². The van der Waals surface area contributed by atoms with Crippen LogP contribution in [0.1, 0.15) is 26.1 Å². The molecule has 0 radical (unpaired) electrons. The van der Waals surface area contributed by atoms with E-state index in [2.05, 4.69) is 28.6 Å². The third-order valence-electron chi connectivity index (χ3n) is 3.69. The molecule has 0 atom stereocenters. The van der Waals surface area contributed by atoms with Crippen molar-refractivity contribution in [1.29, 1.82) is 0 Å². The van der Waals surface area contributed by atoms with E-state index in [0.29, 0.717) is 6.42 Å². The lowest BCUT2D eigenvalue weighted by atomic mass is 10.1. The smallest absolute Gasteiger partial charge is 0.146 e. The zero-order chi connectivity index (χ0) is 15.5. The molecule has 2 aromatic rings. The number of rotatable bonds is 6. The highest BCUT2D eigenvalue weighted by Gasteiger charge is 2.19. The number of para-hydroxylation sites is 2. The predicted octanol–water partition coefficient (Wildman–Crippen LogP) is 2.14. The molecule has 0 aliphatic rings. The number of nitrogens with two attached hydrogens (primary N) is 1. The second-order valence-electron chi connectivity index (χ2n) is 5.65. The highest BCUT2D eigenvalue weighted by molar-refractivity contribution is 5.83. The zero-order valence-corrected chi connectivity index (χ0v) is 12.7. The van der Waals surface area contributed by atoms with E-state index in [9.17, 15) is 0 Å². The Bertz CT molecular complexity index is 646. The fraction of sp³-hybridized carbons (Fsp3) is 0.467. The van der Waals surface area contributed by atoms with Gasteiger partial charge in [0.2, 0.25) is 0 Å². The number of nitrogens with zero attached hydrogens (tertiary/aromatic N) is 3. The average Bonchev–Trinajstić information content (AvgIpc) is 2.82. The summed E-state index contributed by atoms with van der Waals surface area (Å²) in [5.41, 5.74) is 7.37. The van der Waals surface area contributed by atoms with Crippen LogP contribution in [-0.2, 0) is 17.7 Å². The number of ether oxygens (including phenoxy) is 1. The third-order valence-corrected chi connectivity index (χ3v) is 3.69. The number of hydrogen-bond donors (Lipinski definition) is 2. The normalized spacial score (nSPS) is 13.0. The number of oxime groups is 1. The fourth-order valence-electron chi connectivity index (χ4n) is 2.19. The van der Waals surface area contributed by atoms with Crippen LogP contribution in [0.3, 0.4) is 0 Å². The van der Waals surface area contributed by atoms with E-state index in [0.717, 1.165) is 29.8 Å². The van der Waals surface area contributed by atoms with Crippen LogP contribution < -0.4 is 5.73 Å². The Morgan fingerprint density at radius 2 is 2.14 bits per heavy atom. The van der Waals surface area contributed by atoms with Gasteiger partial charge in [-0.05, 0) is 32.4 Å². The number of methoxy groups -OCH3 is 1. The summed E-state index contributed by atoms with van der Waals surface area (Å²) in [4.78, 5) is 4.58. The Labute approximate surface area is 124 Å². The number of amidine groups is 1. The molecule has 0 amide bonds. The van der Waals surface area contributed by atoms with Crippen LogP contribution in [0.2, 0.25) is 0 Å². The topological polar surface area (TPSA) is 85.7 Å². The summed E-state index contributed by atoms with van der Waals surface area (Å²) in [6.07, 6.45) is 1.16. The number of aromatic nitrogens is 2. The largest absolute Gasteiger partial charge is 0.409 e. The molecular formula is C15H22N4O2. The van der Waals surface area contributed by atoms with Gasteiger partial charge in [0, 0.05) is 13.7 Å². The lowest BCUT2D eigenvalue weighted by Gasteiger charge is -2.23. The molecule has 0 aliphatic carbocycles. The summed E-state index contributed by atoms with van der Waals surface area (Å²) in [5.74, 6) is 0.941. The summed E-state index contributed by atoms with van der Waals surface area (Å²) in [7, 11) is 1.71. The third kappa shape index (κ3) is 3.52. The molecule has 6 heteroatoms. The highest BCUT2D eigenvalue weighted by atomic mass is 16.5. The average molecular weight is 290 g/mol. The first-order valence-electron chi connectivity index (χ1n) is 6.92. The van der Waals surface area contributed by atoms with Crippen LogP contribution in [0, 0.1) is 0 Å². The minimum atomic E-state index is -0.209. The Morgan fingerprint density at radius 1 is 1.43 bits per heavy atom. The van der Waals surface area contributed by atoms with Gasteiger partial charge in [-0.2, -0.15) is 0 Å². The first-order valence-corrected chi connectivity index (χ1v) is 6.92. The van der Waals surface area contributed by atoms with Crippen molar-refractivity contribution in [2.75, 3.05) is 7.11 Å². The summed E-state index contributed by atoms with van der Waals surface area (Å²) in [6.45, 7) is 4.86. The predicted molar refractivity (Wildman–Crippen MR) is 82.6 cm³/mol. The van der Waals surface area contributed by atoms with Gasteiger partial charge < -0.3 is 20.2 Å². The molecular weight excluding hydrogens is 268 g/mol. The second kappa shape index (κ2) is 6.13. The molecule has 0 fully saturated rings. The number of hydrogen-bond acceptors (Lipinski definition) is 4. The van der Waals surface area contributed by atoms with E-state index in [-0.39, 0.29) is 11.4 Å². The molecule has 1 aromatic heterocycles.